The van der Waals surface area contributed by atoms with Gasteiger partial charge in [0.05, 0.1) is 0 Å². The Morgan fingerprint density at radius 1 is 1.42 bits per heavy atom. The Morgan fingerprint density at radius 2 is 2.25 bits per heavy atom. The molecule has 4 nitrogen and oxygen atoms in total. The summed E-state index contributed by atoms with van der Waals surface area (Å²) in [6.45, 7) is 2.06. The van der Waals surface area contributed by atoms with Gasteiger partial charge in [0.25, 0.3) is 0 Å². The van der Waals surface area contributed by atoms with E-state index in [1.165, 1.54) is 0 Å². The van der Waals surface area contributed by atoms with Gasteiger partial charge in [-0.25, -0.2) is 9.97 Å². The van der Waals surface area contributed by atoms with Gasteiger partial charge in [-0.05, 0) is 18.6 Å². The van der Waals surface area contributed by atoms with Crippen LogP contribution in [0.15, 0.2) is 12.1 Å². The van der Waals surface area contributed by atoms with E-state index in [9.17, 15) is 0 Å². The quantitative estimate of drug-likeness (QED) is 0.659. The van der Waals surface area contributed by atoms with E-state index in [0.29, 0.717) is 5.95 Å². The molecule has 2 heterocycles. The molecule has 0 aliphatic rings. The number of nitrogens with two attached hydrogens (primary N) is 1. The highest BCUT2D eigenvalue weighted by Gasteiger charge is 2.00. The third-order valence-electron chi connectivity index (χ3n) is 1.78. The number of anilines is 1. The smallest absolute Gasteiger partial charge is 0.199 e. The summed E-state index contributed by atoms with van der Waals surface area (Å²) < 4.78 is 0. The summed E-state index contributed by atoms with van der Waals surface area (Å²) in [6.07, 6.45) is 0.925. The molecule has 0 saturated heterocycles. The Balaban J connectivity index is 2.66. The molecule has 0 fully saturated rings. The van der Waals surface area contributed by atoms with Gasteiger partial charge < -0.3 is 10.7 Å². The lowest BCUT2D eigenvalue weighted by Gasteiger charge is -1.92. The first-order valence-electron chi connectivity index (χ1n) is 3.90. The van der Waals surface area contributed by atoms with Crippen molar-refractivity contribution in [1.82, 2.24) is 15.0 Å². The molecule has 0 unspecified atom stereocenters. The molecule has 12 heavy (non-hydrogen) atoms. The number of aromatic nitrogens is 3. The number of aromatic amines is 1. The van der Waals surface area contributed by atoms with Crippen LogP contribution in [0.4, 0.5) is 5.95 Å². The van der Waals surface area contributed by atoms with Gasteiger partial charge >= 0.3 is 0 Å². The standard InChI is InChI=1S/C8H10N4/c1-2-5-3-4-6-7(10-5)12-8(9)11-6/h3-4H,2H2,1H3,(H3,9,10,11,12). The Bertz CT molecular complexity index is 404. The summed E-state index contributed by atoms with van der Waals surface area (Å²) in [7, 11) is 0. The summed E-state index contributed by atoms with van der Waals surface area (Å²) in [5.74, 6) is 0.422. The van der Waals surface area contributed by atoms with E-state index < -0.39 is 0 Å². The number of aryl methyl sites for hydroxylation is 1. The molecule has 2 aromatic rings. The first kappa shape index (κ1) is 7.09. The molecule has 4 heteroatoms. The van der Waals surface area contributed by atoms with Gasteiger partial charge in [-0.2, -0.15) is 0 Å². The predicted octanol–water partition coefficient (Wildman–Crippen LogP) is 1.10. The van der Waals surface area contributed by atoms with E-state index in [1.807, 2.05) is 12.1 Å². The molecule has 2 rings (SSSR count). The van der Waals surface area contributed by atoms with E-state index >= 15 is 0 Å². The highest BCUT2D eigenvalue weighted by atomic mass is 15.1. The van der Waals surface area contributed by atoms with E-state index in [2.05, 4.69) is 21.9 Å². The average molecular weight is 162 g/mol. The zero-order chi connectivity index (χ0) is 8.55. The molecular weight excluding hydrogens is 152 g/mol. The van der Waals surface area contributed by atoms with Crippen LogP contribution in [-0.2, 0) is 6.42 Å². The van der Waals surface area contributed by atoms with Crippen molar-refractivity contribution in [3.05, 3.63) is 17.8 Å². The number of pyridine rings is 1. The maximum Gasteiger partial charge on any atom is 0.199 e. The maximum atomic E-state index is 5.48. The first-order valence-corrected chi connectivity index (χ1v) is 3.90. The topological polar surface area (TPSA) is 67.6 Å². The third kappa shape index (κ3) is 1.01. The summed E-state index contributed by atoms with van der Waals surface area (Å²) in [4.78, 5) is 11.3. The molecule has 0 bridgehead atoms. The van der Waals surface area contributed by atoms with Crippen molar-refractivity contribution in [2.45, 2.75) is 13.3 Å². The largest absolute Gasteiger partial charge is 0.369 e. The van der Waals surface area contributed by atoms with Gasteiger partial charge in [0.2, 0.25) is 0 Å². The van der Waals surface area contributed by atoms with Gasteiger partial charge in [-0.1, -0.05) is 6.92 Å². The number of nitrogen functional groups attached to an aromatic ring is 1. The normalized spacial score (nSPS) is 10.8. The van der Waals surface area contributed by atoms with Crippen molar-refractivity contribution in [1.29, 1.82) is 0 Å². The fraction of sp³-hybridized carbons (Fsp3) is 0.250. The lowest BCUT2D eigenvalue weighted by atomic mass is 10.3. The van der Waals surface area contributed by atoms with E-state index in [-0.39, 0.29) is 0 Å². The van der Waals surface area contributed by atoms with Crippen LogP contribution < -0.4 is 5.73 Å². The molecule has 0 atom stereocenters. The monoisotopic (exact) mass is 162 g/mol. The minimum atomic E-state index is 0.422. The molecule has 0 saturated carbocycles. The second-order valence-corrected chi connectivity index (χ2v) is 2.65. The molecule has 0 amide bonds. The Morgan fingerprint density at radius 3 is 3.00 bits per heavy atom. The van der Waals surface area contributed by atoms with Crippen LogP contribution in [0.2, 0.25) is 0 Å². The van der Waals surface area contributed by atoms with Crippen molar-refractivity contribution in [2.75, 3.05) is 5.73 Å². The lowest BCUT2D eigenvalue weighted by Crippen LogP contribution is -1.86. The summed E-state index contributed by atoms with van der Waals surface area (Å²) in [6, 6.07) is 3.89. The van der Waals surface area contributed by atoms with Crippen molar-refractivity contribution in [2.24, 2.45) is 0 Å². The second kappa shape index (κ2) is 2.48. The predicted molar refractivity (Wildman–Crippen MR) is 47.7 cm³/mol. The van der Waals surface area contributed by atoms with E-state index in [4.69, 9.17) is 5.73 Å². The van der Waals surface area contributed by atoms with Crippen LogP contribution >= 0.6 is 0 Å². The summed E-state index contributed by atoms with van der Waals surface area (Å²) in [5, 5.41) is 0. The Labute approximate surface area is 69.8 Å². The molecule has 0 aliphatic heterocycles. The van der Waals surface area contributed by atoms with Crippen molar-refractivity contribution in [3.63, 3.8) is 0 Å². The molecule has 0 spiro atoms. The van der Waals surface area contributed by atoms with Crippen LogP contribution in [-0.4, -0.2) is 15.0 Å². The number of H-pyrrole nitrogens is 1. The van der Waals surface area contributed by atoms with Crippen LogP contribution in [0.25, 0.3) is 11.2 Å². The lowest BCUT2D eigenvalue weighted by molar-refractivity contribution is 1.05. The first-order chi connectivity index (χ1) is 5.79. The fourth-order valence-electron chi connectivity index (χ4n) is 1.15. The average Bonchev–Trinajstić information content (AvgIpc) is 2.43. The zero-order valence-electron chi connectivity index (χ0n) is 6.83. The Kier molecular flexibility index (Phi) is 1.46. The van der Waals surface area contributed by atoms with Gasteiger partial charge in [-0.3, -0.25) is 0 Å². The number of hydrogen-bond donors (Lipinski definition) is 2. The number of imidazole rings is 1. The highest BCUT2D eigenvalue weighted by Crippen LogP contribution is 2.10. The minimum absolute atomic E-state index is 0.422. The van der Waals surface area contributed by atoms with Gasteiger partial charge in [0, 0.05) is 5.69 Å². The van der Waals surface area contributed by atoms with Gasteiger partial charge in [-0.15, -0.1) is 0 Å². The molecule has 3 N–H and O–H groups in total. The van der Waals surface area contributed by atoms with E-state index in [0.717, 1.165) is 23.3 Å². The van der Waals surface area contributed by atoms with Gasteiger partial charge in [0.15, 0.2) is 11.6 Å². The highest BCUT2D eigenvalue weighted by molar-refractivity contribution is 5.72. The second-order valence-electron chi connectivity index (χ2n) is 2.65. The molecule has 0 aromatic carbocycles. The summed E-state index contributed by atoms with van der Waals surface area (Å²) >= 11 is 0. The molecule has 2 aromatic heterocycles. The SMILES string of the molecule is CCc1ccc2nc(N)[nH]c2n1. The Hall–Kier alpha value is -1.58. The van der Waals surface area contributed by atoms with Crippen molar-refractivity contribution < 1.29 is 0 Å². The number of fused-ring (bicyclic) bond motifs is 1. The molecule has 62 valence electrons. The summed E-state index contributed by atoms with van der Waals surface area (Å²) in [5.41, 5.74) is 8.12. The number of rotatable bonds is 1. The van der Waals surface area contributed by atoms with Crippen molar-refractivity contribution >= 4 is 17.1 Å². The number of nitrogens with zero attached hydrogens (tertiary/aromatic N) is 2. The van der Waals surface area contributed by atoms with Crippen LogP contribution in [0.3, 0.4) is 0 Å². The molecular formula is C8H10N4. The van der Waals surface area contributed by atoms with E-state index in [1.54, 1.807) is 0 Å². The number of nitrogens with one attached hydrogen (secondary N) is 1. The number of hydrogen-bond acceptors (Lipinski definition) is 3. The molecule has 0 aliphatic carbocycles. The van der Waals surface area contributed by atoms with Crippen molar-refractivity contribution in [3.8, 4) is 0 Å². The maximum absolute atomic E-state index is 5.48. The minimum Gasteiger partial charge on any atom is -0.369 e. The molecule has 0 radical (unpaired) electrons. The zero-order valence-corrected chi connectivity index (χ0v) is 6.83. The van der Waals surface area contributed by atoms with Crippen LogP contribution in [0.5, 0.6) is 0 Å². The fourth-order valence-corrected chi connectivity index (χ4v) is 1.15. The third-order valence-corrected chi connectivity index (χ3v) is 1.78. The van der Waals surface area contributed by atoms with Gasteiger partial charge in [0.1, 0.15) is 5.52 Å². The van der Waals surface area contributed by atoms with Crippen LogP contribution in [0.1, 0.15) is 12.6 Å². The van der Waals surface area contributed by atoms with Crippen LogP contribution in [0, 0.1) is 0 Å².